The maximum Gasteiger partial charge on any atom is 0.257 e. The highest BCUT2D eigenvalue weighted by molar-refractivity contribution is 8.25. The van der Waals surface area contributed by atoms with Crippen molar-refractivity contribution in [1.82, 2.24) is 0 Å². The number of halogens is 2. The molecule has 2 aromatic rings. The molecule has 1 aliphatic heterocycles. The van der Waals surface area contributed by atoms with Crippen LogP contribution in [-0.4, -0.2) is 34.4 Å². The van der Waals surface area contributed by atoms with Crippen molar-refractivity contribution >= 4 is 51.3 Å². The van der Waals surface area contributed by atoms with Crippen molar-refractivity contribution in [1.29, 1.82) is 0 Å². The molecule has 6 nitrogen and oxygen atoms in total. The lowest BCUT2D eigenvalue weighted by Crippen LogP contribution is -2.23. The van der Waals surface area contributed by atoms with Crippen molar-refractivity contribution in [2.24, 2.45) is 0 Å². The average molecular weight is 431 g/mol. The first-order valence-corrected chi connectivity index (χ1v) is 10.6. The summed E-state index contributed by atoms with van der Waals surface area (Å²) in [4.78, 5) is 12.8. The number of methoxy groups -OCH3 is 1. The Morgan fingerprint density at radius 2 is 1.96 bits per heavy atom. The molecule has 0 radical (unpaired) electrons. The summed E-state index contributed by atoms with van der Waals surface area (Å²) in [5.41, 5.74) is 2.09. The normalized spacial score (nSPS) is 16.9. The zero-order chi connectivity index (χ0) is 19.8. The van der Waals surface area contributed by atoms with E-state index in [0.717, 1.165) is 5.56 Å². The van der Waals surface area contributed by atoms with E-state index in [1.165, 1.54) is 17.5 Å². The molecule has 27 heavy (non-hydrogen) atoms. The van der Waals surface area contributed by atoms with Crippen LogP contribution < -0.4 is 14.4 Å². The number of amides is 1. The summed E-state index contributed by atoms with van der Waals surface area (Å²) < 4.78 is 27.3. The van der Waals surface area contributed by atoms with Gasteiger partial charge in [-0.2, -0.15) is 0 Å². The van der Waals surface area contributed by atoms with Crippen molar-refractivity contribution in [3.8, 4) is 5.75 Å². The summed E-state index contributed by atoms with van der Waals surface area (Å²) in [5.74, 6) is 0.127. The van der Waals surface area contributed by atoms with Crippen molar-refractivity contribution in [2.75, 3.05) is 29.0 Å². The first-order chi connectivity index (χ1) is 12.7. The number of rotatable bonds is 4. The van der Waals surface area contributed by atoms with Crippen LogP contribution in [0.3, 0.4) is 0 Å². The number of carbonyl (C=O) groups is 1. The van der Waals surface area contributed by atoms with E-state index in [9.17, 15) is 13.9 Å². The number of benzene rings is 2. The molecule has 3 N–H and O–H groups in total. The average Bonchev–Trinajstić information content (AvgIpc) is 2.93. The van der Waals surface area contributed by atoms with Crippen LogP contribution in [0.15, 0.2) is 30.3 Å². The summed E-state index contributed by atoms with van der Waals surface area (Å²) in [6, 6.07) is 8.35. The molecule has 0 bridgehead atoms. The fourth-order valence-corrected chi connectivity index (χ4v) is 5.17. The maximum atomic E-state index is 12.8. The second-order valence-electron chi connectivity index (χ2n) is 6.27. The molecular weight excluding hydrogens is 411 g/mol. The van der Waals surface area contributed by atoms with Gasteiger partial charge in [-0.15, -0.1) is 10.8 Å². The van der Waals surface area contributed by atoms with Gasteiger partial charge in [-0.3, -0.25) is 18.2 Å². The monoisotopic (exact) mass is 430 g/mol. The van der Waals surface area contributed by atoms with Gasteiger partial charge in [-0.1, -0.05) is 23.2 Å². The number of nitrogens with one attached hydrogen (secondary N) is 1. The molecule has 9 heteroatoms. The number of hydrogen-bond acceptors (Lipinski definition) is 5. The summed E-state index contributed by atoms with van der Waals surface area (Å²) >= 11 is 12.4. The lowest BCUT2D eigenvalue weighted by atomic mass is 10.1. The standard InChI is InChI=1S/C18H20Cl2N2O4S/c1-11-6-12(19)8-13(7-11)21-18(23)15-9-14(10-16(26-2)17(15)20)22-4-3-5-27(22,24)25/h6-10,24-25H,3-5H2,1-2H3,(H,21,23). The summed E-state index contributed by atoms with van der Waals surface area (Å²) in [7, 11) is -1.47. The summed E-state index contributed by atoms with van der Waals surface area (Å²) in [6.45, 7) is 2.35. The van der Waals surface area contributed by atoms with Crippen molar-refractivity contribution in [2.45, 2.75) is 13.3 Å². The van der Waals surface area contributed by atoms with Crippen LogP contribution >= 0.6 is 34.0 Å². The highest BCUT2D eigenvalue weighted by atomic mass is 35.5. The predicted molar refractivity (Wildman–Crippen MR) is 112 cm³/mol. The van der Waals surface area contributed by atoms with Crippen LogP contribution in [0.4, 0.5) is 11.4 Å². The Morgan fingerprint density at radius 1 is 1.22 bits per heavy atom. The molecule has 1 amide bonds. The quantitative estimate of drug-likeness (QED) is 0.601. The number of nitrogens with zero attached hydrogens (tertiary/aromatic N) is 1. The lowest BCUT2D eigenvalue weighted by Gasteiger charge is -2.38. The van der Waals surface area contributed by atoms with Gasteiger partial charge in [0, 0.05) is 23.3 Å². The van der Waals surface area contributed by atoms with E-state index in [1.807, 2.05) is 6.92 Å². The van der Waals surface area contributed by atoms with Gasteiger partial charge in [0.15, 0.2) is 0 Å². The molecule has 0 aliphatic carbocycles. The molecule has 1 heterocycles. The van der Waals surface area contributed by atoms with Crippen LogP contribution in [0.2, 0.25) is 10.0 Å². The van der Waals surface area contributed by atoms with E-state index in [1.54, 1.807) is 24.3 Å². The second kappa shape index (κ2) is 7.77. The van der Waals surface area contributed by atoms with Crippen molar-refractivity contribution < 1.29 is 18.6 Å². The van der Waals surface area contributed by atoms with Crippen LogP contribution in [0.5, 0.6) is 5.75 Å². The van der Waals surface area contributed by atoms with Crippen molar-refractivity contribution in [3.05, 3.63) is 51.5 Å². The van der Waals surface area contributed by atoms with Crippen LogP contribution in [0, 0.1) is 6.92 Å². The third-order valence-electron chi connectivity index (χ3n) is 4.21. The molecule has 0 aromatic heterocycles. The Hall–Kier alpha value is -1.64. The van der Waals surface area contributed by atoms with Crippen LogP contribution in [-0.2, 0) is 0 Å². The Labute approximate surface area is 169 Å². The number of aryl methyl sites for hydroxylation is 1. The van der Waals surface area contributed by atoms with Gasteiger partial charge in [0.05, 0.1) is 29.1 Å². The number of hydrogen-bond donors (Lipinski definition) is 3. The van der Waals surface area contributed by atoms with Gasteiger partial charge in [0.2, 0.25) is 0 Å². The zero-order valence-electron chi connectivity index (χ0n) is 14.8. The number of ether oxygens (including phenoxy) is 1. The highest BCUT2D eigenvalue weighted by Crippen LogP contribution is 2.52. The fraction of sp³-hybridized carbons (Fsp3) is 0.278. The van der Waals surface area contributed by atoms with Gasteiger partial charge < -0.3 is 10.1 Å². The van der Waals surface area contributed by atoms with E-state index in [2.05, 4.69) is 5.32 Å². The molecule has 146 valence electrons. The van der Waals surface area contributed by atoms with Gasteiger partial charge in [0.25, 0.3) is 5.91 Å². The summed E-state index contributed by atoms with van der Waals surface area (Å²) in [6.07, 6.45) is 0.649. The maximum absolute atomic E-state index is 12.8. The van der Waals surface area contributed by atoms with Gasteiger partial charge >= 0.3 is 0 Å². The molecule has 0 unspecified atom stereocenters. The minimum atomic E-state index is -2.91. The minimum absolute atomic E-state index is 0.146. The topological polar surface area (TPSA) is 82.0 Å². The van der Waals surface area contributed by atoms with Crippen LogP contribution in [0.25, 0.3) is 0 Å². The first-order valence-electron chi connectivity index (χ1n) is 8.21. The predicted octanol–water partition coefficient (Wildman–Crippen LogP) is 5.44. The zero-order valence-corrected chi connectivity index (χ0v) is 17.2. The lowest BCUT2D eigenvalue weighted by molar-refractivity contribution is 0.102. The Morgan fingerprint density at radius 3 is 2.56 bits per heavy atom. The third-order valence-corrected chi connectivity index (χ3v) is 6.75. The Bertz CT molecular complexity index is 872. The SMILES string of the molecule is COc1cc(N2CCCS2(O)O)cc(C(=O)Nc2cc(C)cc(Cl)c2)c1Cl. The third kappa shape index (κ3) is 4.28. The largest absolute Gasteiger partial charge is 0.495 e. The van der Waals surface area contributed by atoms with E-state index in [-0.39, 0.29) is 16.3 Å². The van der Waals surface area contributed by atoms with Crippen molar-refractivity contribution in [3.63, 3.8) is 0 Å². The second-order valence-corrected chi connectivity index (χ2v) is 9.20. The molecule has 1 aliphatic rings. The molecule has 2 aromatic carbocycles. The molecule has 0 atom stereocenters. The smallest absolute Gasteiger partial charge is 0.257 e. The Balaban J connectivity index is 1.98. The van der Waals surface area contributed by atoms with E-state index in [0.29, 0.717) is 35.1 Å². The van der Waals surface area contributed by atoms with E-state index >= 15 is 0 Å². The van der Waals surface area contributed by atoms with Gasteiger partial charge in [-0.25, -0.2) is 0 Å². The molecule has 3 rings (SSSR count). The highest BCUT2D eigenvalue weighted by Gasteiger charge is 2.31. The number of carbonyl (C=O) groups excluding carboxylic acids is 1. The van der Waals surface area contributed by atoms with Crippen LogP contribution in [0.1, 0.15) is 22.3 Å². The van der Waals surface area contributed by atoms with Gasteiger partial charge in [-0.05, 0) is 43.2 Å². The fourth-order valence-electron chi connectivity index (χ4n) is 3.00. The summed E-state index contributed by atoms with van der Waals surface area (Å²) in [5, 5.41) is 3.43. The minimum Gasteiger partial charge on any atom is -0.495 e. The van der Waals surface area contributed by atoms with E-state index < -0.39 is 16.7 Å². The molecule has 1 saturated heterocycles. The number of anilines is 2. The molecule has 0 spiro atoms. The molecular formula is C18H20Cl2N2O4S. The molecule has 0 saturated carbocycles. The molecule has 1 fully saturated rings. The van der Waals surface area contributed by atoms with E-state index in [4.69, 9.17) is 27.9 Å². The Kier molecular flexibility index (Phi) is 5.79. The van der Waals surface area contributed by atoms with Gasteiger partial charge in [0.1, 0.15) is 5.75 Å². The first kappa shape index (κ1) is 20.1.